The van der Waals surface area contributed by atoms with E-state index in [-0.39, 0.29) is 24.0 Å². The topological polar surface area (TPSA) is 65.7 Å². The SMILES string of the molecule is CN=C(NCc1cc(C(C)C)no1)NC1CC(C)N(C2CC2)C1.I. The first-order valence-corrected chi connectivity index (χ1v) is 8.75. The quantitative estimate of drug-likeness (QED) is 0.413. The van der Waals surface area contributed by atoms with Gasteiger partial charge < -0.3 is 15.2 Å². The standard InChI is InChI=1S/C17H29N5O.HI/c1-11(2)16-8-15(23-21-16)9-19-17(18-4)20-13-7-12(3)22(10-13)14-5-6-14;/h8,11-14H,5-7,9-10H2,1-4H3,(H2,18,19,20);1H. The molecule has 2 unspecified atom stereocenters. The van der Waals surface area contributed by atoms with Crippen LogP contribution in [0.2, 0.25) is 0 Å². The van der Waals surface area contributed by atoms with E-state index >= 15 is 0 Å². The Bertz CT molecular complexity index is 555. The van der Waals surface area contributed by atoms with Crippen LogP contribution in [0.25, 0.3) is 0 Å². The van der Waals surface area contributed by atoms with E-state index in [0.29, 0.717) is 24.5 Å². The van der Waals surface area contributed by atoms with Crippen molar-refractivity contribution in [3.8, 4) is 0 Å². The van der Waals surface area contributed by atoms with Gasteiger partial charge in [-0.3, -0.25) is 9.89 Å². The summed E-state index contributed by atoms with van der Waals surface area (Å²) in [6, 6.07) is 3.98. The van der Waals surface area contributed by atoms with Crippen LogP contribution in [-0.2, 0) is 6.54 Å². The fourth-order valence-corrected chi connectivity index (χ4v) is 3.32. The number of guanidine groups is 1. The highest BCUT2D eigenvalue weighted by atomic mass is 127. The summed E-state index contributed by atoms with van der Waals surface area (Å²) in [5.41, 5.74) is 0.995. The van der Waals surface area contributed by atoms with Crippen LogP contribution in [-0.4, -0.2) is 47.7 Å². The van der Waals surface area contributed by atoms with E-state index < -0.39 is 0 Å². The van der Waals surface area contributed by atoms with Crippen LogP contribution in [0.4, 0.5) is 0 Å². The number of aliphatic imine (C=N–C) groups is 1. The van der Waals surface area contributed by atoms with Crippen molar-refractivity contribution in [2.24, 2.45) is 4.99 Å². The summed E-state index contributed by atoms with van der Waals surface area (Å²) in [6.45, 7) is 8.28. The van der Waals surface area contributed by atoms with Gasteiger partial charge in [-0.2, -0.15) is 0 Å². The highest BCUT2D eigenvalue weighted by molar-refractivity contribution is 14.0. The van der Waals surface area contributed by atoms with Crippen molar-refractivity contribution in [3.63, 3.8) is 0 Å². The van der Waals surface area contributed by atoms with Crippen molar-refractivity contribution >= 4 is 29.9 Å². The maximum atomic E-state index is 5.36. The molecule has 1 saturated heterocycles. The molecule has 1 aromatic rings. The van der Waals surface area contributed by atoms with Gasteiger partial charge in [-0.05, 0) is 32.1 Å². The Balaban J connectivity index is 0.00000208. The predicted molar refractivity (Wildman–Crippen MR) is 107 cm³/mol. The smallest absolute Gasteiger partial charge is 0.191 e. The van der Waals surface area contributed by atoms with Crippen molar-refractivity contribution in [3.05, 3.63) is 17.5 Å². The number of nitrogens with zero attached hydrogens (tertiary/aromatic N) is 3. The van der Waals surface area contributed by atoms with Crippen molar-refractivity contribution in [1.82, 2.24) is 20.7 Å². The van der Waals surface area contributed by atoms with Crippen molar-refractivity contribution in [2.75, 3.05) is 13.6 Å². The molecule has 7 heteroatoms. The maximum Gasteiger partial charge on any atom is 0.191 e. The van der Waals surface area contributed by atoms with Crippen LogP contribution < -0.4 is 10.6 Å². The summed E-state index contributed by atoms with van der Waals surface area (Å²) in [6.07, 6.45) is 3.92. The number of hydrogen-bond donors (Lipinski definition) is 2. The summed E-state index contributed by atoms with van der Waals surface area (Å²) in [4.78, 5) is 6.97. The lowest BCUT2D eigenvalue weighted by Gasteiger charge is -2.20. The second-order valence-electron chi connectivity index (χ2n) is 7.15. The van der Waals surface area contributed by atoms with Gasteiger partial charge in [0.1, 0.15) is 0 Å². The second kappa shape index (κ2) is 8.51. The summed E-state index contributed by atoms with van der Waals surface area (Å²) < 4.78 is 5.36. The van der Waals surface area contributed by atoms with Gasteiger partial charge in [0.2, 0.25) is 0 Å². The largest absolute Gasteiger partial charge is 0.359 e. The van der Waals surface area contributed by atoms with Gasteiger partial charge in [0.25, 0.3) is 0 Å². The van der Waals surface area contributed by atoms with Crippen molar-refractivity contribution < 1.29 is 4.52 Å². The molecule has 0 radical (unpaired) electrons. The van der Waals surface area contributed by atoms with Crippen molar-refractivity contribution in [1.29, 1.82) is 0 Å². The van der Waals surface area contributed by atoms with E-state index in [2.05, 4.69) is 46.5 Å². The van der Waals surface area contributed by atoms with Gasteiger partial charge in [-0.1, -0.05) is 19.0 Å². The van der Waals surface area contributed by atoms with Gasteiger partial charge in [0.05, 0.1) is 12.2 Å². The highest BCUT2D eigenvalue weighted by Crippen LogP contribution is 2.33. The number of rotatable bonds is 5. The first-order valence-electron chi connectivity index (χ1n) is 8.75. The third kappa shape index (κ3) is 4.84. The fraction of sp³-hybridized carbons (Fsp3) is 0.765. The Kier molecular flexibility index (Phi) is 6.91. The molecule has 0 bridgehead atoms. The normalized spacial score (nSPS) is 25.0. The van der Waals surface area contributed by atoms with E-state index in [1.165, 1.54) is 19.3 Å². The third-order valence-corrected chi connectivity index (χ3v) is 4.80. The molecule has 0 amide bonds. The summed E-state index contributed by atoms with van der Waals surface area (Å²) in [5.74, 6) is 2.07. The molecule has 2 atom stereocenters. The van der Waals surface area contributed by atoms with Crippen LogP contribution >= 0.6 is 24.0 Å². The van der Waals surface area contributed by atoms with E-state index in [1.807, 2.05) is 13.1 Å². The van der Waals surface area contributed by atoms with E-state index in [1.54, 1.807) is 0 Å². The predicted octanol–water partition coefficient (Wildman–Crippen LogP) is 2.71. The number of hydrogen-bond acceptors (Lipinski definition) is 4. The third-order valence-electron chi connectivity index (χ3n) is 4.80. The molecule has 6 nitrogen and oxygen atoms in total. The zero-order valence-electron chi connectivity index (χ0n) is 15.1. The van der Waals surface area contributed by atoms with Crippen LogP contribution in [0.15, 0.2) is 15.6 Å². The van der Waals surface area contributed by atoms with Gasteiger partial charge in [-0.15, -0.1) is 24.0 Å². The average molecular weight is 447 g/mol. The van der Waals surface area contributed by atoms with E-state index in [4.69, 9.17) is 4.52 Å². The highest BCUT2D eigenvalue weighted by Gasteiger charge is 2.38. The Morgan fingerprint density at radius 1 is 1.46 bits per heavy atom. The Labute approximate surface area is 161 Å². The molecule has 2 N–H and O–H groups in total. The Hall–Kier alpha value is -0.830. The Morgan fingerprint density at radius 3 is 2.79 bits per heavy atom. The molecule has 1 aliphatic carbocycles. The van der Waals surface area contributed by atoms with Crippen LogP contribution in [0.3, 0.4) is 0 Å². The van der Waals surface area contributed by atoms with Crippen molar-refractivity contribution in [2.45, 2.75) is 70.6 Å². The number of halogens is 1. The summed E-state index contributed by atoms with van der Waals surface area (Å²) >= 11 is 0. The number of aromatic nitrogens is 1. The summed E-state index contributed by atoms with van der Waals surface area (Å²) in [5, 5.41) is 11.0. The van der Waals surface area contributed by atoms with Crippen LogP contribution in [0.5, 0.6) is 0 Å². The van der Waals surface area contributed by atoms with Gasteiger partial charge in [0.15, 0.2) is 11.7 Å². The molecule has 0 spiro atoms. The lowest BCUT2D eigenvalue weighted by molar-refractivity contribution is 0.256. The van der Waals surface area contributed by atoms with Gasteiger partial charge in [-0.25, -0.2) is 0 Å². The minimum atomic E-state index is 0. The lowest BCUT2D eigenvalue weighted by Crippen LogP contribution is -2.44. The molecule has 2 heterocycles. The van der Waals surface area contributed by atoms with Gasteiger partial charge >= 0.3 is 0 Å². The molecular weight excluding hydrogens is 417 g/mol. The fourth-order valence-electron chi connectivity index (χ4n) is 3.32. The van der Waals surface area contributed by atoms with E-state index in [9.17, 15) is 0 Å². The summed E-state index contributed by atoms with van der Waals surface area (Å²) in [7, 11) is 1.81. The second-order valence-corrected chi connectivity index (χ2v) is 7.15. The van der Waals surface area contributed by atoms with Crippen LogP contribution in [0, 0.1) is 0 Å². The first kappa shape index (κ1) is 19.5. The Morgan fingerprint density at radius 2 is 2.21 bits per heavy atom. The average Bonchev–Trinajstić information content (AvgIpc) is 3.13. The molecule has 1 aromatic heterocycles. The molecular formula is C17H30IN5O. The molecule has 136 valence electrons. The zero-order chi connectivity index (χ0) is 16.4. The van der Waals surface area contributed by atoms with Gasteiger partial charge in [0, 0.05) is 37.8 Å². The molecule has 0 aromatic carbocycles. The molecule has 1 aliphatic heterocycles. The zero-order valence-corrected chi connectivity index (χ0v) is 17.4. The monoisotopic (exact) mass is 447 g/mol. The molecule has 2 fully saturated rings. The molecule has 1 saturated carbocycles. The van der Waals surface area contributed by atoms with E-state index in [0.717, 1.165) is 30.0 Å². The minimum Gasteiger partial charge on any atom is -0.359 e. The first-order chi connectivity index (χ1) is 11.1. The molecule has 3 rings (SSSR count). The molecule has 24 heavy (non-hydrogen) atoms. The minimum absolute atomic E-state index is 0. The maximum absolute atomic E-state index is 5.36. The molecule has 2 aliphatic rings. The lowest BCUT2D eigenvalue weighted by atomic mass is 10.1. The number of likely N-dealkylation sites (tertiary alicyclic amines) is 1. The number of nitrogens with one attached hydrogen (secondary N) is 2. The van der Waals surface area contributed by atoms with Crippen LogP contribution in [0.1, 0.15) is 57.4 Å².